The van der Waals surface area contributed by atoms with Crippen LogP contribution in [-0.4, -0.2) is 0 Å². The zero-order chi connectivity index (χ0) is 18.3. The smallest absolute Gasteiger partial charge is 0.159 e. The molecule has 0 fully saturated rings. The van der Waals surface area contributed by atoms with Crippen LogP contribution in [0.25, 0.3) is 21.9 Å². The average molecular weight is 452 g/mol. The normalized spacial score (nSPS) is 11.2. The fourth-order valence-electron chi connectivity index (χ4n) is 3.18. The zero-order valence-corrected chi connectivity index (χ0v) is 16.7. The monoisotopic (exact) mass is 452 g/mol. The Morgan fingerprint density at radius 3 is 2.23 bits per heavy atom. The quantitative estimate of drug-likeness (QED) is 0.247. The molecule has 1 aromatic heterocycles. The third-order valence-electron chi connectivity index (χ3n) is 4.62. The number of benzene rings is 3. The molecule has 0 saturated heterocycles. The van der Waals surface area contributed by atoms with Gasteiger partial charge < -0.3 is 4.42 Å². The molecule has 0 unspecified atom stereocenters. The van der Waals surface area contributed by atoms with Gasteiger partial charge in [0.2, 0.25) is 0 Å². The zero-order valence-electron chi connectivity index (χ0n) is 14.5. The van der Waals surface area contributed by atoms with Crippen LogP contribution in [0.15, 0.2) is 65.1 Å². The molecule has 0 saturated carbocycles. The number of hydrogen-bond donors (Lipinski definition) is 0. The van der Waals surface area contributed by atoms with Crippen molar-refractivity contribution < 1.29 is 4.42 Å². The lowest BCUT2D eigenvalue weighted by atomic mass is 10.0. The molecule has 4 rings (SSSR count). The summed E-state index contributed by atoms with van der Waals surface area (Å²) in [6.07, 6.45) is 0. The predicted molar refractivity (Wildman–Crippen MR) is 115 cm³/mol. The Morgan fingerprint density at radius 2 is 1.58 bits per heavy atom. The molecule has 0 aliphatic rings. The second kappa shape index (κ2) is 6.65. The van der Waals surface area contributed by atoms with Gasteiger partial charge in [-0.3, -0.25) is 3.11 Å². The van der Waals surface area contributed by atoms with E-state index < -0.39 is 0 Å². The lowest BCUT2D eigenvalue weighted by molar-refractivity contribution is 0.668. The summed E-state index contributed by atoms with van der Waals surface area (Å²) in [6, 6.07) is 22.6. The van der Waals surface area contributed by atoms with Crippen molar-refractivity contribution in [3.8, 4) is 6.07 Å². The molecule has 128 valence electrons. The van der Waals surface area contributed by atoms with Crippen molar-refractivity contribution >= 4 is 56.2 Å². The summed E-state index contributed by atoms with van der Waals surface area (Å²) in [5.41, 5.74) is 5.39. The summed E-state index contributed by atoms with van der Waals surface area (Å²) in [4.78, 5) is 0. The summed E-state index contributed by atoms with van der Waals surface area (Å²) in [6.45, 7) is 4.39. The average Bonchev–Trinajstić information content (AvgIpc) is 3.06. The molecule has 0 N–H and O–H groups in total. The summed E-state index contributed by atoms with van der Waals surface area (Å²) >= 11 is 2.30. The Morgan fingerprint density at radius 1 is 0.923 bits per heavy atom. The largest absolute Gasteiger partial charge is 0.452 e. The van der Waals surface area contributed by atoms with Crippen LogP contribution >= 0.6 is 22.9 Å². The Bertz CT molecular complexity index is 1140. The van der Waals surface area contributed by atoms with Crippen molar-refractivity contribution in [2.75, 3.05) is 3.11 Å². The first-order valence-corrected chi connectivity index (χ1v) is 9.47. The molecule has 0 spiro atoms. The summed E-state index contributed by atoms with van der Waals surface area (Å²) in [7, 11) is 0. The number of halogens is 1. The highest BCUT2D eigenvalue weighted by Gasteiger charge is 2.17. The lowest BCUT2D eigenvalue weighted by Gasteiger charge is -2.18. The van der Waals surface area contributed by atoms with Crippen molar-refractivity contribution in [3.05, 3.63) is 71.8 Å². The first kappa shape index (κ1) is 16.9. The van der Waals surface area contributed by atoms with Crippen LogP contribution in [-0.2, 0) is 0 Å². The molecule has 3 aromatic carbocycles. The Labute approximate surface area is 166 Å². The maximum atomic E-state index is 9.37. The van der Waals surface area contributed by atoms with Gasteiger partial charge in [0, 0.05) is 10.8 Å². The summed E-state index contributed by atoms with van der Waals surface area (Å²) in [5.74, 6) is 0.509. The van der Waals surface area contributed by atoms with E-state index in [0.717, 1.165) is 27.7 Å². The molecule has 1 heterocycles. The third-order valence-corrected chi connectivity index (χ3v) is 5.70. The van der Waals surface area contributed by atoms with Crippen LogP contribution in [0.2, 0.25) is 0 Å². The van der Waals surface area contributed by atoms with E-state index in [1.54, 1.807) is 6.07 Å². The maximum Gasteiger partial charge on any atom is 0.159 e. The fraction of sp³-hybridized carbons (Fsp3) is 0.136. The standard InChI is InChI=1S/C22H17IN2O/c1-14(2)15-9-11-17(12-10-15)25(23)20-8-4-7-19-18-6-3-5-16(13-24)21(18)26-22(19)20/h3-12,14H,1-2H3. The van der Waals surface area contributed by atoms with Gasteiger partial charge in [-0.15, -0.1) is 0 Å². The molecule has 0 amide bonds. The van der Waals surface area contributed by atoms with E-state index in [1.165, 1.54) is 5.56 Å². The minimum Gasteiger partial charge on any atom is -0.452 e. The predicted octanol–water partition coefficient (Wildman–Crippen LogP) is 7.07. The summed E-state index contributed by atoms with van der Waals surface area (Å²) < 4.78 is 8.24. The number of hydrogen-bond acceptors (Lipinski definition) is 3. The van der Waals surface area contributed by atoms with Crippen molar-refractivity contribution in [2.24, 2.45) is 0 Å². The van der Waals surface area contributed by atoms with Gasteiger partial charge >= 0.3 is 0 Å². The van der Waals surface area contributed by atoms with E-state index >= 15 is 0 Å². The van der Waals surface area contributed by atoms with E-state index in [4.69, 9.17) is 4.42 Å². The number of furan rings is 1. The third kappa shape index (κ3) is 2.73. The minimum atomic E-state index is 0.509. The second-order valence-electron chi connectivity index (χ2n) is 6.58. The Kier molecular flexibility index (Phi) is 4.33. The number of nitriles is 1. The SMILES string of the molecule is CC(C)c1ccc(N(I)c2cccc3c2oc2c(C#N)cccc23)cc1. The van der Waals surface area contributed by atoms with Crippen molar-refractivity contribution in [2.45, 2.75) is 19.8 Å². The van der Waals surface area contributed by atoms with Gasteiger partial charge in [0.05, 0.1) is 39.8 Å². The number of anilines is 2. The number of para-hydroxylation sites is 2. The molecule has 0 radical (unpaired) electrons. The number of rotatable bonds is 3. The van der Waals surface area contributed by atoms with Gasteiger partial charge in [-0.1, -0.05) is 50.2 Å². The van der Waals surface area contributed by atoms with Crippen LogP contribution in [0.4, 0.5) is 11.4 Å². The van der Waals surface area contributed by atoms with E-state index in [-0.39, 0.29) is 0 Å². The van der Waals surface area contributed by atoms with Crippen LogP contribution in [0.5, 0.6) is 0 Å². The van der Waals surface area contributed by atoms with Gasteiger partial charge in [0.15, 0.2) is 11.2 Å². The Balaban J connectivity index is 1.87. The van der Waals surface area contributed by atoms with Crippen molar-refractivity contribution in [3.63, 3.8) is 0 Å². The first-order valence-electron chi connectivity index (χ1n) is 8.50. The topological polar surface area (TPSA) is 40.2 Å². The summed E-state index contributed by atoms with van der Waals surface area (Å²) in [5, 5.41) is 11.4. The van der Waals surface area contributed by atoms with Crippen LogP contribution in [0.3, 0.4) is 0 Å². The maximum absolute atomic E-state index is 9.37. The molecule has 0 aliphatic heterocycles. The highest BCUT2D eigenvalue weighted by Crippen LogP contribution is 2.40. The molecule has 3 nitrogen and oxygen atoms in total. The van der Waals surface area contributed by atoms with Crippen LogP contribution in [0, 0.1) is 11.3 Å². The van der Waals surface area contributed by atoms with E-state index in [9.17, 15) is 5.26 Å². The van der Waals surface area contributed by atoms with Crippen LogP contribution < -0.4 is 3.11 Å². The van der Waals surface area contributed by atoms with Crippen molar-refractivity contribution in [1.29, 1.82) is 5.26 Å². The highest BCUT2D eigenvalue weighted by atomic mass is 127. The number of nitrogens with zero attached hydrogens (tertiary/aromatic N) is 2. The lowest BCUT2D eigenvalue weighted by Crippen LogP contribution is -2.01. The first-order chi connectivity index (χ1) is 12.6. The van der Waals surface area contributed by atoms with Crippen molar-refractivity contribution in [1.82, 2.24) is 0 Å². The minimum absolute atomic E-state index is 0.509. The van der Waals surface area contributed by atoms with Gasteiger partial charge in [-0.2, -0.15) is 5.26 Å². The van der Waals surface area contributed by atoms with E-state index in [1.807, 2.05) is 30.3 Å². The molecule has 0 aliphatic carbocycles. The van der Waals surface area contributed by atoms with Crippen LogP contribution in [0.1, 0.15) is 30.9 Å². The van der Waals surface area contributed by atoms with E-state index in [2.05, 4.69) is 70.2 Å². The van der Waals surface area contributed by atoms with E-state index in [0.29, 0.717) is 17.1 Å². The fourth-order valence-corrected chi connectivity index (χ4v) is 3.88. The van der Waals surface area contributed by atoms with Gasteiger partial charge in [0.1, 0.15) is 6.07 Å². The highest BCUT2D eigenvalue weighted by molar-refractivity contribution is 14.1. The number of fused-ring (bicyclic) bond motifs is 3. The van der Waals surface area contributed by atoms with Gasteiger partial charge in [-0.25, -0.2) is 0 Å². The molecule has 26 heavy (non-hydrogen) atoms. The second-order valence-corrected chi connectivity index (χ2v) is 7.54. The Hall–Kier alpha value is -2.52. The van der Waals surface area contributed by atoms with Gasteiger partial charge in [0.25, 0.3) is 0 Å². The molecule has 4 aromatic rings. The molecule has 4 heteroatoms. The molecule has 0 bridgehead atoms. The molecule has 0 atom stereocenters. The molecular weight excluding hydrogens is 435 g/mol. The molecular formula is C22H17IN2O. The van der Waals surface area contributed by atoms with Gasteiger partial charge in [-0.05, 0) is 35.7 Å².